The summed E-state index contributed by atoms with van der Waals surface area (Å²) in [6.45, 7) is 9.84. The fraction of sp³-hybridized carbons (Fsp3) is 1.00. The summed E-state index contributed by atoms with van der Waals surface area (Å²) in [5, 5.41) is 12.3. The Balaban J connectivity index is 3.17. The van der Waals surface area contributed by atoms with E-state index < -0.39 is 6.41 Å². The van der Waals surface area contributed by atoms with E-state index in [1.54, 1.807) is 0 Å². The molecule has 1 unspecified atom stereocenters. The number of nitrogens with one attached hydrogen (secondary N) is 1. The van der Waals surface area contributed by atoms with Crippen LogP contribution in [0.3, 0.4) is 0 Å². The summed E-state index contributed by atoms with van der Waals surface area (Å²) in [6.07, 6.45) is -0.977. The lowest BCUT2D eigenvalue weighted by Crippen LogP contribution is -2.39. The van der Waals surface area contributed by atoms with Crippen LogP contribution in [0.15, 0.2) is 0 Å². The van der Waals surface area contributed by atoms with E-state index in [1.165, 1.54) is 0 Å². The van der Waals surface area contributed by atoms with Crippen molar-refractivity contribution in [2.75, 3.05) is 52.7 Å². The Morgan fingerprint density at radius 1 is 0.950 bits per heavy atom. The largest absolute Gasteiger partial charge is 0.378 e. The first-order chi connectivity index (χ1) is 9.45. The van der Waals surface area contributed by atoms with Gasteiger partial charge in [0.15, 0.2) is 0 Å². The highest BCUT2D eigenvalue weighted by atomic mass is 16.6. The van der Waals surface area contributed by atoms with E-state index in [-0.39, 0.29) is 5.60 Å². The van der Waals surface area contributed by atoms with Crippen LogP contribution in [0, 0.1) is 0 Å². The van der Waals surface area contributed by atoms with Gasteiger partial charge < -0.3 is 29.8 Å². The number of nitrogens with two attached hydrogens (primary N) is 1. The van der Waals surface area contributed by atoms with E-state index in [1.807, 2.05) is 20.8 Å². The summed E-state index contributed by atoms with van der Waals surface area (Å²) in [5.41, 5.74) is 4.89. The highest BCUT2D eigenvalue weighted by Crippen LogP contribution is 2.07. The molecule has 0 aliphatic heterocycles. The molecule has 1 atom stereocenters. The lowest BCUT2D eigenvalue weighted by Gasteiger charge is -2.24. The van der Waals surface area contributed by atoms with Gasteiger partial charge >= 0.3 is 0 Å². The number of aliphatic hydroxyl groups is 1. The van der Waals surface area contributed by atoms with Gasteiger partial charge in [0.2, 0.25) is 6.41 Å². The van der Waals surface area contributed by atoms with Crippen molar-refractivity contribution < 1.29 is 24.1 Å². The highest BCUT2D eigenvalue weighted by molar-refractivity contribution is 4.59. The van der Waals surface area contributed by atoms with Gasteiger partial charge in [-0.3, -0.25) is 5.32 Å². The maximum absolute atomic E-state index is 9.49. The van der Waals surface area contributed by atoms with Crippen molar-refractivity contribution in [2.45, 2.75) is 32.8 Å². The molecule has 0 saturated heterocycles. The summed E-state index contributed by atoms with van der Waals surface area (Å²) in [7, 11) is 0. The van der Waals surface area contributed by atoms with Crippen molar-refractivity contribution >= 4 is 0 Å². The van der Waals surface area contributed by atoms with Crippen LogP contribution in [-0.2, 0) is 18.9 Å². The van der Waals surface area contributed by atoms with Crippen molar-refractivity contribution in [3.8, 4) is 0 Å². The van der Waals surface area contributed by atoms with Crippen molar-refractivity contribution in [1.29, 1.82) is 0 Å². The van der Waals surface area contributed by atoms with Crippen molar-refractivity contribution in [1.82, 2.24) is 5.32 Å². The van der Waals surface area contributed by atoms with Gasteiger partial charge in [-0.25, -0.2) is 0 Å². The number of hydrogen-bond donors (Lipinski definition) is 3. The first kappa shape index (κ1) is 19.7. The van der Waals surface area contributed by atoms with Crippen LogP contribution in [0.1, 0.15) is 20.8 Å². The average Bonchev–Trinajstić information content (AvgIpc) is 2.34. The van der Waals surface area contributed by atoms with Gasteiger partial charge in [0.1, 0.15) is 0 Å². The SMILES string of the molecule is CC(C)(C)OC(O)NCCOCCOCCOCCN. The van der Waals surface area contributed by atoms with Crippen molar-refractivity contribution in [3.05, 3.63) is 0 Å². The van der Waals surface area contributed by atoms with Gasteiger partial charge in [-0.15, -0.1) is 0 Å². The van der Waals surface area contributed by atoms with Crippen molar-refractivity contribution in [3.63, 3.8) is 0 Å². The van der Waals surface area contributed by atoms with Crippen LogP contribution in [0.5, 0.6) is 0 Å². The molecule has 0 spiro atoms. The molecule has 0 bridgehead atoms. The molecular weight excluding hydrogens is 264 g/mol. The Morgan fingerprint density at radius 2 is 1.45 bits per heavy atom. The van der Waals surface area contributed by atoms with Crippen LogP contribution in [0.25, 0.3) is 0 Å². The fourth-order valence-electron chi connectivity index (χ4n) is 1.26. The van der Waals surface area contributed by atoms with Gasteiger partial charge in [0.25, 0.3) is 0 Å². The van der Waals surface area contributed by atoms with Gasteiger partial charge in [-0.2, -0.15) is 0 Å². The second-order valence-electron chi connectivity index (χ2n) is 5.16. The van der Waals surface area contributed by atoms with Gasteiger partial charge in [-0.1, -0.05) is 0 Å². The highest BCUT2D eigenvalue weighted by Gasteiger charge is 2.15. The Labute approximate surface area is 121 Å². The summed E-state index contributed by atoms with van der Waals surface area (Å²) in [6, 6.07) is 0. The van der Waals surface area contributed by atoms with Crippen LogP contribution >= 0.6 is 0 Å². The molecule has 0 rings (SSSR count). The van der Waals surface area contributed by atoms with E-state index in [0.29, 0.717) is 52.7 Å². The normalized spacial score (nSPS) is 13.7. The molecule has 0 aliphatic carbocycles. The van der Waals surface area contributed by atoms with E-state index in [0.717, 1.165) is 0 Å². The molecule has 0 saturated carbocycles. The molecule has 7 nitrogen and oxygen atoms in total. The zero-order chi connectivity index (χ0) is 15.3. The molecule has 0 aromatic rings. The zero-order valence-corrected chi connectivity index (χ0v) is 12.9. The van der Waals surface area contributed by atoms with Gasteiger partial charge in [0, 0.05) is 13.1 Å². The summed E-state index contributed by atoms with van der Waals surface area (Å²) in [4.78, 5) is 0. The molecule has 0 fully saturated rings. The summed E-state index contributed by atoms with van der Waals surface area (Å²) in [5.74, 6) is 0. The molecule has 7 heteroatoms. The molecule has 0 radical (unpaired) electrons. The summed E-state index contributed by atoms with van der Waals surface area (Å²) < 4.78 is 21.0. The lowest BCUT2D eigenvalue weighted by atomic mass is 10.2. The quantitative estimate of drug-likeness (QED) is 0.316. The van der Waals surface area contributed by atoms with Crippen molar-refractivity contribution in [2.24, 2.45) is 5.73 Å². The lowest BCUT2D eigenvalue weighted by molar-refractivity contribution is -0.182. The van der Waals surface area contributed by atoms with Crippen LogP contribution in [0.4, 0.5) is 0 Å². The maximum Gasteiger partial charge on any atom is 0.214 e. The standard InChI is InChI=1S/C13H30N2O5/c1-13(2,3)20-12(16)15-5-7-18-9-11-19-10-8-17-6-4-14/h12,15-16H,4-11,14H2,1-3H3. The van der Waals surface area contributed by atoms with Crippen LogP contribution < -0.4 is 11.1 Å². The van der Waals surface area contributed by atoms with Crippen LogP contribution in [-0.4, -0.2) is 69.9 Å². The number of rotatable bonds is 13. The smallest absolute Gasteiger partial charge is 0.214 e. The minimum atomic E-state index is -0.977. The third-order valence-corrected chi connectivity index (χ3v) is 2.04. The molecule has 0 heterocycles. The minimum Gasteiger partial charge on any atom is -0.378 e. The Kier molecular flexibility index (Phi) is 12.3. The Morgan fingerprint density at radius 3 is 1.95 bits per heavy atom. The fourth-order valence-corrected chi connectivity index (χ4v) is 1.26. The minimum absolute atomic E-state index is 0.382. The maximum atomic E-state index is 9.49. The van der Waals surface area contributed by atoms with Gasteiger partial charge in [-0.05, 0) is 20.8 Å². The zero-order valence-electron chi connectivity index (χ0n) is 12.9. The first-order valence-electron chi connectivity index (χ1n) is 6.98. The average molecular weight is 294 g/mol. The van der Waals surface area contributed by atoms with E-state index in [2.05, 4.69) is 5.32 Å². The predicted octanol–water partition coefficient (Wildman–Crippen LogP) is -0.324. The second kappa shape index (κ2) is 12.5. The second-order valence-corrected chi connectivity index (χ2v) is 5.16. The molecule has 0 aromatic heterocycles. The molecule has 4 N–H and O–H groups in total. The number of hydrogen-bond acceptors (Lipinski definition) is 7. The Bertz CT molecular complexity index is 211. The molecular formula is C13H30N2O5. The molecule has 0 amide bonds. The third-order valence-electron chi connectivity index (χ3n) is 2.04. The summed E-state index contributed by atoms with van der Waals surface area (Å²) >= 11 is 0. The predicted molar refractivity (Wildman–Crippen MR) is 76.4 cm³/mol. The molecule has 122 valence electrons. The molecule has 0 aliphatic rings. The first-order valence-corrected chi connectivity index (χ1v) is 6.98. The van der Waals surface area contributed by atoms with Crippen LogP contribution in [0.2, 0.25) is 0 Å². The third kappa shape index (κ3) is 15.8. The van der Waals surface area contributed by atoms with Gasteiger partial charge in [0.05, 0.1) is 45.2 Å². The molecule has 0 aromatic carbocycles. The topological polar surface area (TPSA) is 95.2 Å². The van der Waals surface area contributed by atoms with E-state index in [4.69, 9.17) is 24.7 Å². The number of ether oxygens (including phenoxy) is 4. The van der Waals surface area contributed by atoms with E-state index >= 15 is 0 Å². The molecule has 20 heavy (non-hydrogen) atoms. The monoisotopic (exact) mass is 294 g/mol. The Hall–Kier alpha value is -0.280. The van der Waals surface area contributed by atoms with E-state index in [9.17, 15) is 5.11 Å². The number of aliphatic hydroxyl groups excluding tert-OH is 1.